The summed E-state index contributed by atoms with van der Waals surface area (Å²) in [6, 6.07) is 0. The lowest BCUT2D eigenvalue weighted by Gasteiger charge is -2.22. The molecule has 3 nitrogen and oxygen atoms in total. The van der Waals surface area contributed by atoms with Crippen LogP contribution in [0.3, 0.4) is 0 Å². The number of carbonyl (C=O) groups excluding carboxylic acids is 1. The third kappa shape index (κ3) is 3.47. The van der Waals surface area contributed by atoms with Gasteiger partial charge in [-0.15, -0.1) is 0 Å². The standard InChI is InChI=1S/C11H13BrO3/c12-11(4-2-1-3-5-11)6-10(13)15-8-9-7-14-9/h1-4,9H,5-8H2. The zero-order chi connectivity index (χ0) is 10.7. The Morgan fingerprint density at radius 2 is 2.40 bits per heavy atom. The van der Waals surface area contributed by atoms with Crippen molar-refractivity contribution >= 4 is 21.9 Å². The minimum atomic E-state index is -0.261. The van der Waals surface area contributed by atoms with Gasteiger partial charge < -0.3 is 9.47 Å². The fourth-order valence-electron chi connectivity index (χ4n) is 1.41. The number of ether oxygens (including phenoxy) is 2. The number of hydrogen-bond donors (Lipinski definition) is 0. The first-order chi connectivity index (χ1) is 7.18. The monoisotopic (exact) mass is 272 g/mol. The highest BCUT2D eigenvalue weighted by molar-refractivity contribution is 9.10. The van der Waals surface area contributed by atoms with E-state index < -0.39 is 0 Å². The van der Waals surface area contributed by atoms with Crippen LogP contribution in [0.25, 0.3) is 0 Å². The molecule has 0 N–H and O–H groups in total. The Morgan fingerprint density at radius 1 is 1.60 bits per heavy atom. The number of carbonyl (C=O) groups is 1. The average molecular weight is 273 g/mol. The highest BCUT2D eigenvalue weighted by Crippen LogP contribution is 2.31. The first-order valence-corrected chi connectivity index (χ1v) is 5.78. The Kier molecular flexibility index (Phi) is 3.26. The Morgan fingerprint density at radius 3 is 3.00 bits per heavy atom. The van der Waals surface area contributed by atoms with Gasteiger partial charge in [-0.1, -0.05) is 40.2 Å². The molecule has 2 atom stereocenters. The van der Waals surface area contributed by atoms with Crippen LogP contribution < -0.4 is 0 Å². The molecule has 0 saturated carbocycles. The van der Waals surface area contributed by atoms with Gasteiger partial charge in [-0.25, -0.2) is 0 Å². The van der Waals surface area contributed by atoms with E-state index in [1.807, 2.05) is 24.3 Å². The molecule has 1 aliphatic carbocycles. The molecule has 0 aromatic rings. The van der Waals surface area contributed by atoms with Crippen LogP contribution in [0.15, 0.2) is 24.3 Å². The quantitative estimate of drug-likeness (QED) is 0.446. The van der Waals surface area contributed by atoms with Crippen LogP contribution in [0.1, 0.15) is 12.8 Å². The molecule has 0 radical (unpaired) electrons. The number of esters is 1. The van der Waals surface area contributed by atoms with E-state index >= 15 is 0 Å². The van der Waals surface area contributed by atoms with Crippen LogP contribution in [0.2, 0.25) is 0 Å². The van der Waals surface area contributed by atoms with Gasteiger partial charge in [-0.05, 0) is 6.42 Å². The summed E-state index contributed by atoms with van der Waals surface area (Å²) in [5, 5.41) is 0. The molecule has 2 unspecified atom stereocenters. The minimum absolute atomic E-state index is 0.141. The number of alkyl halides is 1. The van der Waals surface area contributed by atoms with Gasteiger partial charge in [-0.2, -0.15) is 0 Å². The van der Waals surface area contributed by atoms with Crippen LogP contribution in [0, 0.1) is 0 Å². The Labute approximate surface area is 97.3 Å². The van der Waals surface area contributed by atoms with E-state index in [9.17, 15) is 4.79 Å². The molecule has 82 valence electrons. The third-order valence-electron chi connectivity index (χ3n) is 2.37. The molecule has 1 aliphatic heterocycles. The second-order valence-corrected chi connectivity index (χ2v) is 5.42. The molecule has 2 rings (SSSR count). The maximum atomic E-state index is 11.5. The number of epoxide rings is 1. The molecule has 1 heterocycles. The minimum Gasteiger partial charge on any atom is -0.463 e. The zero-order valence-electron chi connectivity index (χ0n) is 8.32. The summed E-state index contributed by atoms with van der Waals surface area (Å²) in [7, 11) is 0. The summed E-state index contributed by atoms with van der Waals surface area (Å²) in [4.78, 5) is 11.5. The Balaban J connectivity index is 1.76. The molecule has 4 heteroatoms. The van der Waals surface area contributed by atoms with Crippen molar-refractivity contribution in [3.8, 4) is 0 Å². The fourth-order valence-corrected chi connectivity index (χ4v) is 1.98. The van der Waals surface area contributed by atoms with E-state index in [0.29, 0.717) is 13.0 Å². The first kappa shape index (κ1) is 10.9. The van der Waals surface area contributed by atoms with Crippen LogP contribution in [-0.4, -0.2) is 29.6 Å². The zero-order valence-corrected chi connectivity index (χ0v) is 9.90. The number of halogens is 1. The number of hydrogen-bond acceptors (Lipinski definition) is 3. The maximum Gasteiger partial charge on any atom is 0.307 e. The third-order valence-corrected chi connectivity index (χ3v) is 3.24. The molecule has 2 aliphatic rings. The van der Waals surface area contributed by atoms with Crippen molar-refractivity contribution in [3.63, 3.8) is 0 Å². The van der Waals surface area contributed by atoms with Crippen LogP contribution >= 0.6 is 15.9 Å². The molecule has 0 aromatic heterocycles. The first-order valence-electron chi connectivity index (χ1n) is 4.98. The van der Waals surface area contributed by atoms with Gasteiger partial charge in [0.1, 0.15) is 12.7 Å². The van der Waals surface area contributed by atoms with E-state index in [1.165, 1.54) is 0 Å². The summed E-state index contributed by atoms with van der Waals surface area (Å²) in [6.07, 6.45) is 9.26. The smallest absolute Gasteiger partial charge is 0.307 e. The van der Waals surface area contributed by atoms with Gasteiger partial charge >= 0.3 is 5.97 Å². The number of rotatable bonds is 4. The van der Waals surface area contributed by atoms with Crippen molar-refractivity contribution in [2.45, 2.75) is 23.3 Å². The van der Waals surface area contributed by atoms with Crippen molar-refractivity contribution in [1.82, 2.24) is 0 Å². The topological polar surface area (TPSA) is 38.8 Å². The largest absolute Gasteiger partial charge is 0.463 e. The summed E-state index contributed by atoms with van der Waals surface area (Å²) in [5.41, 5.74) is 0. The molecule has 15 heavy (non-hydrogen) atoms. The molecular formula is C11H13BrO3. The van der Waals surface area contributed by atoms with Crippen molar-refractivity contribution < 1.29 is 14.3 Å². The highest BCUT2D eigenvalue weighted by Gasteiger charge is 2.29. The second kappa shape index (κ2) is 4.49. The van der Waals surface area contributed by atoms with Crippen molar-refractivity contribution in [2.75, 3.05) is 13.2 Å². The number of allylic oxidation sites excluding steroid dienone is 4. The Hall–Kier alpha value is -0.610. The van der Waals surface area contributed by atoms with E-state index in [1.54, 1.807) is 0 Å². The predicted octanol–water partition coefficient (Wildman–Crippen LogP) is 1.97. The molecule has 0 aromatic carbocycles. The Bertz CT molecular complexity index is 307. The van der Waals surface area contributed by atoms with Gasteiger partial charge in [0, 0.05) is 0 Å². The summed E-state index contributed by atoms with van der Waals surface area (Å²) in [5.74, 6) is -0.178. The van der Waals surface area contributed by atoms with Crippen molar-refractivity contribution in [2.24, 2.45) is 0 Å². The van der Waals surface area contributed by atoms with Crippen LogP contribution in [-0.2, 0) is 14.3 Å². The van der Waals surface area contributed by atoms with E-state index in [2.05, 4.69) is 15.9 Å². The molecular weight excluding hydrogens is 260 g/mol. The van der Waals surface area contributed by atoms with Gasteiger partial charge in [0.2, 0.25) is 0 Å². The fraction of sp³-hybridized carbons (Fsp3) is 0.545. The maximum absolute atomic E-state index is 11.5. The van der Waals surface area contributed by atoms with Crippen molar-refractivity contribution in [1.29, 1.82) is 0 Å². The van der Waals surface area contributed by atoms with Crippen molar-refractivity contribution in [3.05, 3.63) is 24.3 Å². The molecule has 0 amide bonds. The average Bonchev–Trinajstić information content (AvgIpc) is 2.98. The summed E-state index contributed by atoms with van der Waals surface area (Å²) < 4.78 is 9.78. The van der Waals surface area contributed by atoms with E-state index in [4.69, 9.17) is 9.47 Å². The van der Waals surface area contributed by atoms with Crippen LogP contribution in [0.4, 0.5) is 0 Å². The lowest BCUT2D eigenvalue weighted by molar-refractivity contribution is -0.144. The SMILES string of the molecule is O=C(CC1(Br)C=CC=CC1)OCC1CO1. The van der Waals surface area contributed by atoms with E-state index in [0.717, 1.165) is 13.0 Å². The van der Waals surface area contributed by atoms with Gasteiger partial charge in [0.25, 0.3) is 0 Å². The summed E-state index contributed by atoms with van der Waals surface area (Å²) in [6.45, 7) is 1.11. The van der Waals surface area contributed by atoms with Crippen LogP contribution in [0.5, 0.6) is 0 Å². The molecule has 0 spiro atoms. The van der Waals surface area contributed by atoms with Gasteiger partial charge in [0.15, 0.2) is 0 Å². The second-order valence-electron chi connectivity index (χ2n) is 3.84. The normalized spacial score (nSPS) is 32.7. The van der Waals surface area contributed by atoms with E-state index in [-0.39, 0.29) is 16.4 Å². The highest BCUT2D eigenvalue weighted by atomic mass is 79.9. The van der Waals surface area contributed by atoms with Gasteiger partial charge in [-0.3, -0.25) is 4.79 Å². The molecule has 0 bridgehead atoms. The summed E-state index contributed by atoms with van der Waals surface area (Å²) >= 11 is 3.55. The van der Waals surface area contributed by atoms with Gasteiger partial charge in [0.05, 0.1) is 17.4 Å². The predicted molar refractivity (Wildman–Crippen MR) is 59.9 cm³/mol. The molecule has 1 saturated heterocycles. The molecule has 1 fully saturated rings. The lowest BCUT2D eigenvalue weighted by Crippen LogP contribution is -2.24. The lowest BCUT2D eigenvalue weighted by atomic mass is 9.97.